The summed E-state index contributed by atoms with van der Waals surface area (Å²) in [4.78, 5) is 0. The van der Waals surface area contributed by atoms with Crippen LogP contribution in [-0.4, -0.2) is 0 Å². The number of benzene rings is 2. The number of halogens is 2. The summed E-state index contributed by atoms with van der Waals surface area (Å²) in [5, 5.41) is 0.371. The number of nitrogens with two attached hydrogens (primary N) is 1. The Morgan fingerprint density at radius 1 is 1.10 bits per heavy atom. The van der Waals surface area contributed by atoms with Gasteiger partial charge in [0.2, 0.25) is 0 Å². The van der Waals surface area contributed by atoms with Crippen molar-refractivity contribution < 1.29 is 4.39 Å². The van der Waals surface area contributed by atoms with Crippen LogP contribution >= 0.6 is 11.6 Å². The van der Waals surface area contributed by atoms with E-state index in [1.165, 1.54) is 6.07 Å². The van der Waals surface area contributed by atoms with Crippen molar-refractivity contribution in [3.05, 3.63) is 70.0 Å². The van der Waals surface area contributed by atoms with Gasteiger partial charge >= 0.3 is 0 Å². The summed E-state index contributed by atoms with van der Waals surface area (Å²) >= 11 is 5.82. The normalized spacial score (nSPS) is 13.2. The fourth-order valence-electron chi connectivity index (χ4n) is 2.51. The summed E-state index contributed by atoms with van der Waals surface area (Å²) in [6.07, 6.45) is 0. The molecule has 0 radical (unpaired) electrons. The maximum Gasteiger partial charge on any atom is 0.129 e. The predicted octanol–water partition coefficient (Wildman–Crippen LogP) is 4.33. The molecule has 1 atom stereocenters. The zero-order valence-corrected chi connectivity index (χ0v) is 13.2. The molecule has 0 bridgehead atoms. The molecule has 0 saturated carbocycles. The first-order valence-electron chi connectivity index (χ1n) is 6.85. The van der Waals surface area contributed by atoms with Gasteiger partial charge in [-0.05, 0) is 28.7 Å². The van der Waals surface area contributed by atoms with E-state index in [2.05, 4.69) is 26.2 Å². The number of rotatable bonds is 3. The topological polar surface area (TPSA) is 38.0 Å². The molecule has 0 saturated heterocycles. The van der Waals surface area contributed by atoms with Crippen LogP contribution in [0.4, 0.5) is 4.39 Å². The van der Waals surface area contributed by atoms with Crippen molar-refractivity contribution in [3.8, 4) is 0 Å². The summed E-state index contributed by atoms with van der Waals surface area (Å²) in [7, 11) is 0. The Hall–Kier alpha value is -1.42. The Balaban J connectivity index is 2.57. The minimum Gasteiger partial charge on any atom is -0.271 e. The fraction of sp³-hybridized carbons (Fsp3) is 0.294. The second-order valence-corrected chi connectivity index (χ2v) is 6.54. The molecule has 0 aromatic heterocycles. The van der Waals surface area contributed by atoms with Crippen molar-refractivity contribution in [2.45, 2.75) is 32.2 Å². The van der Waals surface area contributed by atoms with E-state index in [4.69, 9.17) is 17.4 Å². The Morgan fingerprint density at radius 3 is 2.33 bits per heavy atom. The van der Waals surface area contributed by atoms with Crippen LogP contribution in [0.1, 0.15) is 43.5 Å². The molecule has 2 aromatic rings. The lowest BCUT2D eigenvalue weighted by Crippen LogP contribution is -2.31. The third-order valence-corrected chi connectivity index (χ3v) is 3.76. The quantitative estimate of drug-likeness (QED) is 0.654. The lowest BCUT2D eigenvalue weighted by molar-refractivity contribution is 0.535. The van der Waals surface area contributed by atoms with Gasteiger partial charge in [-0.25, -0.2) is 9.82 Å². The second kappa shape index (κ2) is 6.14. The molecule has 2 rings (SSSR count). The summed E-state index contributed by atoms with van der Waals surface area (Å²) in [5.41, 5.74) is 5.24. The molecule has 3 N–H and O–H groups in total. The molecular weight excluding hydrogens is 287 g/mol. The van der Waals surface area contributed by atoms with E-state index in [9.17, 15) is 4.39 Å². The van der Waals surface area contributed by atoms with Crippen molar-refractivity contribution in [3.63, 3.8) is 0 Å². The Morgan fingerprint density at radius 2 is 1.76 bits per heavy atom. The minimum atomic E-state index is -0.419. The smallest absolute Gasteiger partial charge is 0.129 e. The fourth-order valence-corrected chi connectivity index (χ4v) is 2.67. The molecule has 4 heteroatoms. The Labute approximate surface area is 130 Å². The highest BCUT2D eigenvalue weighted by Crippen LogP contribution is 2.33. The van der Waals surface area contributed by atoms with Crippen LogP contribution in [-0.2, 0) is 5.41 Å². The summed E-state index contributed by atoms with van der Waals surface area (Å²) in [6.45, 7) is 6.37. The van der Waals surface area contributed by atoms with Gasteiger partial charge in [0.15, 0.2) is 0 Å². The number of hydrazine groups is 1. The molecule has 0 aliphatic carbocycles. The van der Waals surface area contributed by atoms with E-state index in [0.29, 0.717) is 10.6 Å². The largest absolute Gasteiger partial charge is 0.271 e. The van der Waals surface area contributed by atoms with Crippen molar-refractivity contribution in [2.24, 2.45) is 5.84 Å². The summed E-state index contributed by atoms with van der Waals surface area (Å²) < 4.78 is 14.2. The van der Waals surface area contributed by atoms with E-state index in [1.54, 1.807) is 12.1 Å². The lowest BCUT2D eigenvalue weighted by Gasteiger charge is -2.27. The third-order valence-electron chi connectivity index (χ3n) is 3.52. The molecule has 0 amide bonds. The van der Waals surface area contributed by atoms with E-state index in [1.807, 2.05) is 24.3 Å². The van der Waals surface area contributed by atoms with Gasteiger partial charge in [-0.15, -0.1) is 0 Å². The van der Waals surface area contributed by atoms with Gasteiger partial charge < -0.3 is 0 Å². The van der Waals surface area contributed by atoms with Crippen LogP contribution in [0.5, 0.6) is 0 Å². The van der Waals surface area contributed by atoms with Gasteiger partial charge in [-0.1, -0.05) is 62.7 Å². The zero-order chi connectivity index (χ0) is 15.6. The molecule has 2 aromatic carbocycles. The van der Waals surface area contributed by atoms with Crippen molar-refractivity contribution in [1.82, 2.24) is 5.43 Å². The van der Waals surface area contributed by atoms with E-state index in [-0.39, 0.29) is 11.2 Å². The van der Waals surface area contributed by atoms with Gasteiger partial charge in [0.1, 0.15) is 5.82 Å². The van der Waals surface area contributed by atoms with Crippen LogP contribution in [0.25, 0.3) is 0 Å². The monoisotopic (exact) mass is 306 g/mol. The first kappa shape index (κ1) is 16.0. The van der Waals surface area contributed by atoms with Gasteiger partial charge in [0, 0.05) is 10.6 Å². The number of nitrogens with one attached hydrogen (secondary N) is 1. The number of hydrogen-bond acceptors (Lipinski definition) is 2. The average molecular weight is 307 g/mol. The molecule has 1 unspecified atom stereocenters. The molecule has 0 fully saturated rings. The second-order valence-electron chi connectivity index (χ2n) is 6.10. The number of hydrogen-bond donors (Lipinski definition) is 2. The molecule has 21 heavy (non-hydrogen) atoms. The molecule has 112 valence electrons. The first-order valence-corrected chi connectivity index (χ1v) is 7.23. The summed E-state index contributed by atoms with van der Waals surface area (Å²) in [5.74, 6) is 5.34. The van der Waals surface area contributed by atoms with Crippen LogP contribution in [0, 0.1) is 5.82 Å². The van der Waals surface area contributed by atoms with Gasteiger partial charge in [0.05, 0.1) is 6.04 Å². The highest BCUT2D eigenvalue weighted by Gasteiger charge is 2.24. The molecule has 2 nitrogen and oxygen atoms in total. The molecule has 0 aliphatic rings. The van der Waals surface area contributed by atoms with Gasteiger partial charge in [0.25, 0.3) is 0 Å². The van der Waals surface area contributed by atoms with Crippen LogP contribution < -0.4 is 11.3 Å². The van der Waals surface area contributed by atoms with Crippen LogP contribution in [0.15, 0.2) is 42.5 Å². The zero-order valence-electron chi connectivity index (χ0n) is 12.5. The van der Waals surface area contributed by atoms with Crippen molar-refractivity contribution >= 4 is 11.6 Å². The van der Waals surface area contributed by atoms with E-state index >= 15 is 0 Å². The van der Waals surface area contributed by atoms with Crippen LogP contribution in [0.2, 0.25) is 5.02 Å². The predicted molar refractivity (Wildman–Crippen MR) is 85.7 cm³/mol. The van der Waals surface area contributed by atoms with Crippen molar-refractivity contribution in [1.29, 1.82) is 0 Å². The lowest BCUT2D eigenvalue weighted by atomic mass is 9.80. The standard InChI is InChI=1S/C17H20ClFN2/c1-17(2,3)14-7-5-4-6-12(14)16(21-20)13-9-8-11(18)10-15(13)19/h4-10,16,21H,20H2,1-3H3. The first-order chi connectivity index (χ1) is 9.84. The van der Waals surface area contributed by atoms with Crippen LogP contribution in [0.3, 0.4) is 0 Å². The minimum absolute atomic E-state index is 0.0609. The molecular formula is C17H20ClFN2. The summed E-state index contributed by atoms with van der Waals surface area (Å²) in [6, 6.07) is 12.2. The Kier molecular flexibility index (Phi) is 4.67. The molecule has 0 aliphatic heterocycles. The van der Waals surface area contributed by atoms with Gasteiger partial charge in [-0.2, -0.15) is 0 Å². The highest BCUT2D eigenvalue weighted by atomic mass is 35.5. The Bertz CT molecular complexity index is 635. The molecule has 0 heterocycles. The molecule has 0 spiro atoms. The third kappa shape index (κ3) is 3.43. The van der Waals surface area contributed by atoms with Crippen molar-refractivity contribution in [2.75, 3.05) is 0 Å². The van der Waals surface area contributed by atoms with E-state index in [0.717, 1.165) is 11.1 Å². The SMILES string of the molecule is CC(C)(C)c1ccccc1C(NN)c1ccc(Cl)cc1F. The highest BCUT2D eigenvalue weighted by molar-refractivity contribution is 6.30. The van der Waals surface area contributed by atoms with Gasteiger partial charge in [-0.3, -0.25) is 5.84 Å². The van der Waals surface area contributed by atoms with E-state index < -0.39 is 6.04 Å². The maximum absolute atomic E-state index is 14.2. The maximum atomic E-state index is 14.2. The average Bonchev–Trinajstić information content (AvgIpc) is 2.41.